The molecule has 2 nitrogen and oxygen atoms in total. The van der Waals surface area contributed by atoms with Crippen molar-refractivity contribution in [2.75, 3.05) is 6.54 Å². The van der Waals surface area contributed by atoms with Gasteiger partial charge >= 0.3 is 0 Å². The smallest absolute Gasteiger partial charge is 0.165 e. The SMILES string of the molecule is CC1NCCc2cc(O)c(F)cc21. The molecule has 0 saturated heterocycles. The van der Waals surface area contributed by atoms with E-state index in [0.29, 0.717) is 0 Å². The zero-order valence-corrected chi connectivity index (χ0v) is 7.47. The maximum Gasteiger partial charge on any atom is 0.165 e. The summed E-state index contributed by atoms with van der Waals surface area (Å²) in [6, 6.07) is 3.13. The summed E-state index contributed by atoms with van der Waals surface area (Å²) in [4.78, 5) is 0. The van der Waals surface area contributed by atoms with Crippen molar-refractivity contribution in [1.82, 2.24) is 5.32 Å². The highest BCUT2D eigenvalue weighted by molar-refractivity contribution is 5.39. The Bertz CT molecular complexity index is 338. The van der Waals surface area contributed by atoms with Gasteiger partial charge in [0.1, 0.15) is 0 Å². The van der Waals surface area contributed by atoms with Gasteiger partial charge in [-0.05, 0) is 43.1 Å². The topological polar surface area (TPSA) is 32.3 Å². The first kappa shape index (κ1) is 8.51. The van der Waals surface area contributed by atoms with E-state index in [1.54, 1.807) is 0 Å². The van der Waals surface area contributed by atoms with Crippen LogP contribution in [-0.2, 0) is 6.42 Å². The van der Waals surface area contributed by atoms with Crippen molar-refractivity contribution in [3.63, 3.8) is 0 Å². The van der Waals surface area contributed by atoms with Gasteiger partial charge in [0.2, 0.25) is 0 Å². The van der Waals surface area contributed by atoms with Crippen LogP contribution in [0.3, 0.4) is 0 Å². The van der Waals surface area contributed by atoms with E-state index >= 15 is 0 Å². The molecule has 0 fully saturated rings. The summed E-state index contributed by atoms with van der Waals surface area (Å²) in [6.07, 6.45) is 0.855. The van der Waals surface area contributed by atoms with Crippen molar-refractivity contribution in [2.45, 2.75) is 19.4 Å². The van der Waals surface area contributed by atoms with Gasteiger partial charge < -0.3 is 10.4 Å². The third-order valence-electron chi connectivity index (χ3n) is 2.52. The van der Waals surface area contributed by atoms with Gasteiger partial charge in [-0.2, -0.15) is 0 Å². The molecule has 70 valence electrons. The highest BCUT2D eigenvalue weighted by atomic mass is 19.1. The molecule has 1 aliphatic rings. The predicted octanol–water partition coefficient (Wildman–Crippen LogP) is 1.74. The third-order valence-corrected chi connectivity index (χ3v) is 2.52. The molecular formula is C10H12FNO. The second-order valence-electron chi connectivity index (χ2n) is 3.43. The lowest BCUT2D eigenvalue weighted by Gasteiger charge is -2.23. The molecular weight excluding hydrogens is 169 g/mol. The van der Waals surface area contributed by atoms with Crippen LogP contribution in [0.2, 0.25) is 0 Å². The van der Waals surface area contributed by atoms with Crippen LogP contribution in [0.5, 0.6) is 5.75 Å². The maximum absolute atomic E-state index is 13.0. The third kappa shape index (κ3) is 1.40. The minimum absolute atomic E-state index is 0.179. The highest BCUT2D eigenvalue weighted by Crippen LogP contribution is 2.28. The van der Waals surface area contributed by atoms with Gasteiger partial charge in [-0.1, -0.05) is 0 Å². The number of aromatic hydroxyl groups is 1. The molecule has 1 aromatic carbocycles. The van der Waals surface area contributed by atoms with Crippen molar-refractivity contribution >= 4 is 0 Å². The van der Waals surface area contributed by atoms with Crippen molar-refractivity contribution in [2.24, 2.45) is 0 Å². The van der Waals surface area contributed by atoms with Gasteiger partial charge in [0, 0.05) is 6.04 Å². The van der Waals surface area contributed by atoms with E-state index < -0.39 is 5.82 Å². The number of rotatable bonds is 0. The first-order valence-electron chi connectivity index (χ1n) is 4.43. The first-order chi connectivity index (χ1) is 6.18. The standard InChI is InChI=1S/C10H12FNO/c1-6-8-5-9(11)10(13)4-7(8)2-3-12-6/h4-6,12-13H,2-3H2,1H3. The molecule has 0 aliphatic carbocycles. The second-order valence-corrected chi connectivity index (χ2v) is 3.43. The van der Waals surface area contributed by atoms with E-state index in [4.69, 9.17) is 5.11 Å². The highest BCUT2D eigenvalue weighted by Gasteiger charge is 2.17. The van der Waals surface area contributed by atoms with Crippen LogP contribution in [0, 0.1) is 5.82 Å². The van der Waals surface area contributed by atoms with Gasteiger partial charge in [-0.3, -0.25) is 0 Å². The Morgan fingerprint density at radius 1 is 1.54 bits per heavy atom. The van der Waals surface area contributed by atoms with E-state index in [1.807, 2.05) is 6.92 Å². The Morgan fingerprint density at radius 2 is 2.31 bits per heavy atom. The Kier molecular flexibility index (Phi) is 1.96. The number of hydrogen-bond donors (Lipinski definition) is 2. The summed E-state index contributed by atoms with van der Waals surface area (Å²) in [5, 5.41) is 12.4. The molecule has 0 saturated carbocycles. The van der Waals surface area contributed by atoms with Crippen molar-refractivity contribution in [1.29, 1.82) is 0 Å². The summed E-state index contributed by atoms with van der Waals surface area (Å²) in [6.45, 7) is 2.88. The quantitative estimate of drug-likeness (QED) is 0.639. The Balaban J connectivity index is 2.52. The molecule has 2 rings (SSSR count). The Labute approximate surface area is 76.4 Å². The zero-order chi connectivity index (χ0) is 9.42. The van der Waals surface area contributed by atoms with Crippen LogP contribution in [0.25, 0.3) is 0 Å². The van der Waals surface area contributed by atoms with Crippen LogP contribution in [0.4, 0.5) is 4.39 Å². The number of hydrogen-bond acceptors (Lipinski definition) is 2. The van der Waals surface area contributed by atoms with Crippen LogP contribution in [0.15, 0.2) is 12.1 Å². The first-order valence-corrected chi connectivity index (χ1v) is 4.43. The molecule has 0 radical (unpaired) electrons. The van der Waals surface area contributed by atoms with Gasteiger partial charge in [0.15, 0.2) is 11.6 Å². The average Bonchev–Trinajstić information content (AvgIpc) is 2.09. The van der Waals surface area contributed by atoms with Crippen LogP contribution < -0.4 is 5.32 Å². The summed E-state index contributed by atoms with van der Waals surface area (Å²) in [7, 11) is 0. The van der Waals surface area contributed by atoms with Gasteiger partial charge in [0.05, 0.1) is 0 Å². The number of halogens is 1. The van der Waals surface area contributed by atoms with Crippen LogP contribution in [0.1, 0.15) is 24.1 Å². The minimum Gasteiger partial charge on any atom is -0.505 e. The fourth-order valence-corrected chi connectivity index (χ4v) is 1.77. The van der Waals surface area contributed by atoms with E-state index in [2.05, 4.69) is 5.32 Å². The van der Waals surface area contributed by atoms with Crippen molar-refractivity contribution in [3.05, 3.63) is 29.1 Å². The lowest BCUT2D eigenvalue weighted by Crippen LogP contribution is -2.27. The molecule has 0 aromatic heterocycles. The molecule has 1 atom stereocenters. The van der Waals surface area contributed by atoms with E-state index in [1.165, 1.54) is 12.1 Å². The van der Waals surface area contributed by atoms with E-state index in [9.17, 15) is 4.39 Å². The van der Waals surface area contributed by atoms with Gasteiger partial charge in [-0.25, -0.2) is 4.39 Å². The fraction of sp³-hybridized carbons (Fsp3) is 0.400. The van der Waals surface area contributed by atoms with E-state index in [-0.39, 0.29) is 11.8 Å². The molecule has 1 aromatic rings. The molecule has 13 heavy (non-hydrogen) atoms. The molecule has 1 unspecified atom stereocenters. The monoisotopic (exact) mass is 181 g/mol. The number of fused-ring (bicyclic) bond motifs is 1. The molecule has 0 bridgehead atoms. The minimum atomic E-state index is -0.533. The van der Waals surface area contributed by atoms with Crippen LogP contribution in [-0.4, -0.2) is 11.7 Å². The van der Waals surface area contributed by atoms with E-state index in [0.717, 1.165) is 24.1 Å². The van der Waals surface area contributed by atoms with Gasteiger partial charge in [-0.15, -0.1) is 0 Å². The summed E-state index contributed by atoms with van der Waals surface area (Å²) >= 11 is 0. The largest absolute Gasteiger partial charge is 0.505 e. The normalized spacial score (nSPS) is 21.2. The molecule has 2 N–H and O–H groups in total. The number of nitrogens with one attached hydrogen (secondary N) is 1. The summed E-state index contributed by atoms with van der Waals surface area (Å²) in [5.41, 5.74) is 2.01. The number of benzene rings is 1. The number of phenolic OH excluding ortho intramolecular Hbond substituents is 1. The molecule has 1 aliphatic heterocycles. The Hall–Kier alpha value is -1.09. The summed E-state index contributed by atoms with van der Waals surface area (Å²) in [5.74, 6) is -0.776. The number of phenols is 1. The average molecular weight is 181 g/mol. The molecule has 0 spiro atoms. The predicted molar refractivity (Wildman–Crippen MR) is 48.2 cm³/mol. The Morgan fingerprint density at radius 3 is 3.08 bits per heavy atom. The zero-order valence-electron chi connectivity index (χ0n) is 7.47. The molecule has 1 heterocycles. The van der Waals surface area contributed by atoms with Crippen LogP contribution >= 0.6 is 0 Å². The second kappa shape index (κ2) is 3.00. The molecule has 0 amide bonds. The van der Waals surface area contributed by atoms with Crippen molar-refractivity contribution in [3.8, 4) is 5.75 Å². The van der Waals surface area contributed by atoms with Crippen molar-refractivity contribution < 1.29 is 9.50 Å². The van der Waals surface area contributed by atoms with Gasteiger partial charge in [0.25, 0.3) is 0 Å². The lowest BCUT2D eigenvalue weighted by atomic mass is 9.95. The lowest BCUT2D eigenvalue weighted by molar-refractivity contribution is 0.427. The fourth-order valence-electron chi connectivity index (χ4n) is 1.77. The molecule has 3 heteroatoms. The maximum atomic E-state index is 13.0. The summed E-state index contributed by atoms with van der Waals surface area (Å²) < 4.78 is 13.0.